The number of aromatic nitrogens is 1. The average molecular weight is 276 g/mol. The molecule has 1 fully saturated rings. The fourth-order valence-electron chi connectivity index (χ4n) is 3.31. The van der Waals surface area contributed by atoms with E-state index in [1.165, 1.54) is 24.8 Å². The Morgan fingerprint density at radius 2 is 2.05 bits per heavy atom. The van der Waals surface area contributed by atoms with Gasteiger partial charge in [-0.3, -0.25) is 4.98 Å². The number of hydrogen-bond acceptors (Lipinski definition) is 3. The molecule has 0 aromatic carbocycles. The van der Waals surface area contributed by atoms with Crippen molar-refractivity contribution >= 4 is 0 Å². The lowest BCUT2D eigenvalue weighted by Crippen LogP contribution is -2.47. The van der Waals surface area contributed by atoms with Crippen molar-refractivity contribution in [2.45, 2.75) is 64.0 Å². The number of nitrogens with one attached hydrogen (secondary N) is 1. The fraction of sp³-hybridized carbons (Fsp3) is 0.706. The highest BCUT2D eigenvalue weighted by molar-refractivity contribution is 5.21. The molecule has 1 aliphatic carbocycles. The molecule has 0 saturated heterocycles. The topological polar surface area (TPSA) is 34.2 Å². The quantitative estimate of drug-likeness (QED) is 0.858. The molecule has 112 valence electrons. The van der Waals surface area contributed by atoms with Gasteiger partial charge in [-0.25, -0.2) is 0 Å². The molecule has 0 radical (unpaired) electrons. The highest BCUT2D eigenvalue weighted by atomic mass is 16.5. The summed E-state index contributed by atoms with van der Waals surface area (Å²) in [6.07, 6.45) is 9.28. The first-order valence-corrected chi connectivity index (χ1v) is 7.93. The van der Waals surface area contributed by atoms with E-state index < -0.39 is 0 Å². The maximum absolute atomic E-state index is 6.03. The van der Waals surface area contributed by atoms with E-state index >= 15 is 0 Å². The summed E-state index contributed by atoms with van der Waals surface area (Å²) in [6, 6.07) is 4.55. The van der Waals surface area contributed by atoms with Gasteiger partial charge in [0.25, 0.3) is 0 Å². The Hall–Kier alpha value is -0.930. The molecule has 0 amide bonds. The Labute approximate surface area is 123 Å². The minimum absolute atomic E-state index is 0.0651. The number of methoxy groups -OCH3 is 1. The van der Waals surface area contributed by atoms with Crippen LogP contribution in [0.25, 0.3) is 0 Å². The molecule has 1 N–H and O–H groups in total. The van der Waals surface area contributed by atoms with Crippen LogP contribution >= 0.6 is 0 Å². The van der Waals surface area contributed by atoms with Gasteiger partial charge in [-0.15, -0.1) is 0 Å². The van der Waals surface area contributed by atoms with Gasteiger partial charge in [0, 0.05) is 19.0 Å². The zero-order valence-corrected chi connectivity index (χ0v) is 13.1. The van der Waals surface area contributed by atoms with Gasteiger partial charge in [0.05, 0.1) is 11.6 Å². The number of hydrogen-bond donors (Lipinski definition) is 1. The van der Waals surface area contributed by atoms with Gasteiger partial charge in [-0.05, 0) is 44.4 Å². The van der Waals surface area contributed by atoms with Crippen molar-refractivity contribution in [3.05, 3.63) is 29.6 Å². The molecule has 1 aliphatic rings. The third-order valence-corrected chi connectivity index (χ3v) is 4.50. The van der Waals surface area contributed by atoms with Crippen LogP contribution in [-0.2, 0) is 4.74 Å². The van der Waals surface area contributed by atoms with Crippen LogP contribution in [0.5, 0.6) is 0 Å². The van der Waals surface area contributed by atoms with E-state index in [0.29, 0.717) is 0 Å². The summed E-state index contributed by atoms with van der Waals surface area (Å²) in [5.41, 5.74) is 2.26. The number of nitrogens with zero attached hydrogens (tertiary/aromatic N) is 1. The zero-order valence-electron chi connectivity index (χ0n) is 13.1. The standard InChI is InChI=1S/C17H28N2O/c1-4-12-18-16(15-9-8-14(2)19-13-15)17(20-3)10-6-5-7-11-17/h8-9,13,16,18H,4-7,10-12H2,1-3H3. The summed E-state index contributed by atoms with van der Waals surface area (Å²) < 4.78 is 6.03. The van der Waals surface area contributed by atoms with Crippen LogP contribution in [0.2, 0.25) is 0 Å². The molecule has 1 aromatic heterocycles. The highest BCUT2D eigenvalue weighted by Crippen LogP contribution is 2.41. The van der Waals surface area contributed by atoms with Crippen molar-refractivity contribution < 1.29 is 4.74 Å². The smallest absolute Gasteiger partial charge is 0.0873 e. The van der Waals surface area contributed by atoms with Crippen molar-refractivity contribution in [3.63, 3.8) is 0 Å². The van der Waals surface area contributed by atoms with Crippen molar-refractivity contribution in [2.24, 2.45) is 0 Å². The van der Waals surface area contributed by atoms with Gasteiger partial charge in [-0.1, -0.05) is 32.3 Å². The van der Waals surface area contributed by atoms with Crippen LogP contribution in [0.4, 0.5) is 0 Å². The second kappa shape index (κ2) is 7.19. The summed E-state index contributed by atoms with van der Waals surface area (Å²) >= 11 is 0. The Bertz CT molecular complexity index is 396. The lowest BCUT2D eigenvalue weighted by Gasteiger charge is -2.43. The molecular weight excluding hydrogens is 248 g/mol. The zero-order chi connectivity index (χ0) is 14.4. The molecule has 1 saturated carbocycles. The van der Waals surface area contributed by atoms with Crippen LogP contribution < -0.4 is 5.32 Å². The lowest BCUT2D eigenvalue weighted by atomic mass is 9.77. The fourth-order valence-corrected chi connectivity index (χ4v) is 3.31. The maximum atomic E-state index is 6.03. The van der Waals surface area contributed by atoms with Crippen LogP contribution in [0.15, 0.2) is 18.3 Å². The highest BCUT2D eigenvalue weighted by Gasteiger charge is 2.40. The summed E-state index contributed by atoms with van der Waals surface area (Å²) in [6.45, 7) is 5.26. The van der Waals surface area contributed by atoms with E-state index in [2.05, 4.69) is 29.4 Å². The first-order chi connectivity index (χ1) is 9.72. The molecule has 3 nitrogen and oxygen atoms in total. The molecule has 0 spiro atoms. The largest absolute Gasteiger partial charge is 0.376 e. The van der Waals surface area contributed by atoms with Crippen LogP contribution in [0, 0.1) is 6.92 Å². The predicted molar refractivity (Wildman–Crippen MR) is 82.8 cm³/mol. The third kappa shape index (κ3) is 3.39. The SMILES string of the molecule is CCCNC(c1ccc(C)nc1)C1(OC)CCCCC1. The predicted octanol–water partition coefficient (Wildman–Crippen LogP) is 3.78. The third-order valence-electron chi connectivity index (χ3n) is 4.50. The second-order valence-electron chi connectivity index (χ2n) is 5.95. The first-order valence-electron chi connectivity index (χ1n) is 7.93. The molecule has 20 heavy (non-hydrogen) atoms. The van der Waals surface area contributed by atoms with E-state index in [1.807, 2.05) is 20.2 Å². The Kier molecular flexibility index (Phi) is 5.55. The van der Waals surface area contributed by atoms with E-state index in [0.717, 1.165) is 31.5 Å². The van der Waals surface area contributed by atoms with Crippen molar-refractivity contribution in [3.8, 4) is 0 Å². The monoisotopic (exact) mass is 276 g/mol. The molecule has 1 aromatic rings. The van der Waals surface area contributed by atoms with E-state index in [1.54, 1.807) is 0 Å². The van der Waals surface area contributed by atoms with E-state index in [-0.39, 0.29) is 11.6 Å². The van der Waals surface area contributed by atoms with Gasteiger partial charge >= 0.3 is 0 Å². The molecular formula is C17H28N2O. The molecule has 0 bridgehead atoms. The van der Waals surface area contributed by atoms with Gasteiger partial charge in [0.2, 0.25) is 0 Å². The molecule has 2 rings (SSSR count). The summed E-state index contributed by atoms with van der Waals surface area (Å²) in [5, 5.41) is 3.70. The average Bonchev–Trinajstić information content (AvgIpc) is 2.50. The van der Waals surface area contributed by atoms with Gasteiger partial charge in [-0.2, -0.15) is 0 Å². The molecule has 3 heteroatoms. The van der Waals surface area contributed by atoms with E-state index in [9.17, 15) is 0 Å². The Balaban J connectivity index is 2.27. The first kappa shape index (κ1) is 15.5. The Morgan fingerprint density at radius 3 is 2.60 bits per heavy atom. The van der Waals surface area contributed by atoms with Crippen LogP contribution in [-0.4, -0.2) is 24.2 Å². The molecule has 1 unspecified atom stereocenters. The van der Waals surface area contributed by atoms with Crippen LogP contribution in [0.1, 0.15) is 62.7 Å². The normalized spacial score (nSPS) is 19.8. The summed E-state index contributed by atoms with van der Waals surface area (Å²) in [5.74, 6) is 0. The van der Waals surface area contributed by atoms with Crippen molar-refractivity contribution in [2.75, 3.05) is 13.7 Å². The van der Waals surface area contributed by atoms with Gasteiger partial charge < -0.3 is 10.1 Å². The van der Waals surface area contributed by atoms with Crippen molar-refractivity contribution in [1.29, 1.82) is 0 Å². The van der Waals surface area contributed by atoms with E-state index in [4.69, 9.17) is 4.74 Å². The maximum Gasteiger partial charge on any atom is 0.0873 e. The number of pyridine rings is 1. The molecule has 0 aliphatic heterocycles. The molecule has 1 atom stereocenters. The number of rotatable bonds is 6. The number of aryl methyl sites for hydroxylation is 1. The minimum atomic E-state index is -0.0651. The molecule has 1 heterocycles. The summed E-state index contributed by atoms with van der Waals surface area (Å²) in [4.78, 5) is 4.47. The van der Waals surface area contributed by atoms with Gasteiger partial charge in [0.1, 0.15) is 0 Å². The lowest BCUT2D eigenvalue weighted by molar-refractivity contribution is -0.0688. The van der Waals surface area contributed by atoms with Crippen LogP contribution in [0.3, 0.4) is 0 Å². The summed E-state index contributed by atoms with van der Waals surface area (Å²) in [7, 11) is 1.87. The minimum Gasteiger partial charge on any atom is -0.376 e. The van der Waals surface area contributed by atoms with Crippen molar-refractivity contribution in [1.82, 2.24) is 10.3 Å². The van der Waals surface area contributed by atoms with Gasteiger partial charge in [0.15, 0.2) is 0 Å². The second-order valence-corrected chi connectivity index (χ2v) is 5.95. The number of ether oxygens (including phenoxy) is 1. The Morgan fingerprint density at radius 1 is 1.30 bits per heavy atom.